The summed E-state index contributed by atoms with van der Waals surface area (Å²) in [5.74, 6) is -3.86. The third-order valence-electron chi connectivity index (χ3n) is 2.11. The topological polar surface area (TPSA) is 20.3 Å². The Kier molecular flexibility index (Phi) is 2.23. The van der Waals surface area contributed by atoms with Crippen LogP contribution in [0, 0.1) is 5.92 Å². The zero-order valence-electron chi connectivity index (χ0n) is 6.39. The molecule has 2 nitrogen and oxygen atoms in total. The highest BCUT2D eigenvalue weighted by molar-refractivity contribution is 5.60. The second-order valence-electron chi connectivity index (χ2n) is 2.84. The Labute approximate surface area is 64.2 Å². The van der Waals surface area contributed by atoms with Crippen LogP contribution in [0.1, 0.15) is 6.92 Å². The van der Waals surface area contributed by atoms with Crippen LogP contribution in [0.2, 0.25) is 0 Å². The van der Waals surface area contributed by atoms with Crippen molar-refractivity contribution < 1.29 is 13.6 Å². The van der Waals surface area contributed by atoms with Crippen molar-refractivity contribution in [2.75, 3.05) is 19.6 Å². The zero-order valence-corrected chi connectivity index (χ0v) is 6.39. The van der Waals surface area contributed by atoms with Crippen LogP contribution in [-0.4, -0.2) is 36.7 Å². The van der Waals surface area contributed by atoms with E-state index in [1.54, 1.807) is 0 Å². The van der Waals surface area contributed by atoms with Crippen molar-refractivity contribution in [3.05, 3.63) is 0 Å². The second-order valence-corrected chi connectivity index (χ2v) is 2.84. The maximum Gasteiger partial charge on any atom is 0.307 e. The lowest BCUT2D eigenvalue weighted by atomic mass is 9.94. The minimum absolute atomic E-state index is 0.245. The van der Waals surface area contributed by atoms with Crippen molar-refractivity contribution in [1.29, 1.82) is 0 Å². The lowest BCUT2D eigenvalue weighted by Crippen LogP contribution is -2.54. The molecule has 0 unspecified atom stereocenters. The number of alkyl halides is 2. The van der Waals surface area contributed by atoms with Crippen molar-refractivity contribution in [3.8, 4) is 0 Å². The molecule has 11 heavy (non-hydrogen) atoms. The molecule has 0 bridgehead atoms. The quantitative estimate of drug-likeness (QED) is 0.573. The molecule has 1 heterocycles. The van der Waals surface area contributed by atoms with Crippen LogP contribution < -0.4 is 0 Å². The molecule has 1 saturated heterocycles. The summed E-state index contributed by atoms with van der Waals surface area (Å²) in [5.41, 5.74) is 0. The Morgan fingerprint density at radius 1 is 1.64 bits per heavy atom. The fourth-order valence-corrected chi connectivity index (χ4v) is 1.17. The fraction of sp³-hybridized carbons (Fsp3) is 0.857. The van der Waals surface area contributed by atoms with Gasteiger partial charge in [-0.15, -0.1) is 0 Å². The van der Waals surface area contributed by atoms with Crippen molar-refractivity contribution in [2.45, 2.75) is 12.8 Å². The van der Waals surface area contributed by atoms with Gasteiger partial charge in [-0.25, -0.2) is 0 Å². The molecule has 0 N–H and O–H groups in total. The molecule has 0 aromatic rings. The minimum Gasteiger partial charge on any atom is -0.302 e. The van der Waals surface area contributed by atoms with Gasteiger partial charge in [-0.05, 0) is 6.54 Å². The van der Waals surface area contributed by atoms with E-state index in [2.05, 4.69) is 0 Å². The molecule has 0 atom stereocenters. The van der Waals surface area contributed by atoms with Gasteiger partial charge in [0.25, 0.3) is 0 Å². The van der Waals surface area contributed by atoms with Gasteiger partial charge < -0.3 is 4.90 Å². The van der Waals surface area contributed by atoms with Gasteiger partial charge in [-0.1, -0.05) is 6.92 Å². The van der Waals surface area contributed by atoms with E-state index in [9.17, 15) is 13.6 Å². The summed E-state index contributed by atoms with van der Waals surface area (Å²) in [4.78, 5) is 11.8. The second kappa shape index (κ2) is 2.85. The zero-order chi connectivity index (χ0) is 8.48. The van der Waals surface area contributed by atoms with Gasteiger partial charge in [0.1, 0.15) is 0 Å². The van der Waals surface area contributed by atoms with Gasteiger partial charge in [0, 0.05) is 13.1 Å². The predicted octanol–water partition coefficient (Wildman–Crippen LogP) is 0.772. The Morgan fingerprint density at radius 2 is 2.18 bits per heavy atom. The SMILES string of the molecule is CCN1CC(C(F)(F)C=O)C1. The number of aldehydes is 1. The molecule has 1 fully saturated rings. The van der Waals surface area contributed by atoms with E-state index in [1.807, 2.05) is 11.8 Å². The molecular formula is C7H11F2NO. The standard InChI is InChI=1S/C7H11F2NO/c1-2-10-3-6(4-10)7(8,9)5-11/h5-6H,2-4H2,1H3. The van der Waals surface area contributed by atoms with E-state index in [4.69, 9.17) is 0 Å². The number of carbonyl (C=O) groups is 1. The molecule has 0 spiro atoms. The van der Waals surface area contributed by atoms with E-state index in [1.165, 1.54) is 0 Å². The van der Waals surface area contributed by atoms with E-state index in [0.717, 1.165) is 6.54 Å². The van der Waals surface area contributed by atoms with Crippen LogP contribution in [0.3, 0.4) is 0 Å². The number of rotatable bonds is 3. The molecular weight excluding hydrogens is 152 g/mol. The first-order chi connectivity index (χ1) is 5.10. The molecule has 1 aliphatic heterocycles. The van der Waals surface area contributed by atoms with Gasteiger partial charge in [-0.2, -0.15) is 8.78 Å². The summed E-state index contributed by atoms with van der Waals surface area (Å²) >= 11 is 0. The maximum absolute atomic E-state index is 12.5. The molecule has 64 valence electrons. The molecule has 1 aliphatic rings. The Bertz CT molecular complexity index is 155. The Morgan fingerprint density at radius 3 is 2.55 bits per heavy atom. The van der Waals surface area contributed by atoms with E-state index < -0.39 is 11.8 Å². The van der Waals surface area contributed by atoms with Crippen LogP contribution in [0.15, 0.2) is 0 Å². The summed E-state index contributed by atoms with van der Waals surface area (Å²) < 4.78 is 25.0. The van der Waals surface area contributed by atoms with E-state index in [0.29, 0.717) is 13.1 Å². The highest BCUT2D eigenvalue weighted by Crippen LogP contribution is 2.30. The van der Waals surface area contributed by atoms with Crippen LogP contribution in [0.4, 0.5) is 8.78 Å². The third-order valence-corrected chi connectivity index (χ3v) is 2.11. The first-order valence-corrected chi connectivity index (χ1v) is 3.66. The highest BCUT2D eigenvalue weighted by Gasteiger charge is 2.45. The average molecular weight is 163 g/mol. The van der Waals surface area contributed by atoms with Crippen LogP contribution in [0.5, 0.6) is 0 Å². The first kappa shape index (κ1) is 8.59. The lowest BCUT2D eigenvalue weighted by molar-refractivity contribution is -0.149. The molecule has 0 amide bonds. The van der Waals surface area contributed by atoms with Crippen LogP contribution in [0.25, 0.3) is 0 Å². The highest BCUT2D eigenvalue weighted by atomic mass is 19.3. The van der Waals surface area contributed by atoms with Crippen LogP contribution in [-0.2, 0) is 4.79 Å². The monoisotopic (exact) mass is 163 g/mol. The number of carbonyl (C=O) groups excluding carboxylic acids is 1. The van der Waals surface area contributed by atoms with Crippen molar-refractivity contribution >= 4 is 6.29 Å². The van der Waals surface area contributed by atoms with Gasteiger partial charge in [-0.3, -0.25) is 4.79 Å². The van der Waals surface area contributed by atoms with Crippen LogP contribution >= 0.6 is 0 Å². The van der Waals surface area contributed by atoms with E-state index >= 15 is 0 Å². The number of likely N-dealkylation sites (tertiary alicyclic amines) is 1. The Hall–Kier alpha value is -0.510. The number of hydrogen-bond donors (Lipinski definition) is 0. The molecule has 0 aromatic heterocycles. The summed E-state index contributed by atoms with van der Waals surface area (Å²) in [5, 5.41) is 0. The predicted molar refractivity (Wildman–Crippen MR) is 36.6 cm³/mol. The van der Waals surface area contributed by atoms with Gasteiger partial charge in [0.15, 0.2) is 6.29 Å². The molecule has 0 saturated carbocycles. The summed E-state index contributed by atoms with van der Waals surface area (Å²) in [6, 6.07) is 0. The Balaban J connectivity index is 2.37. The van der Waals surface area contributed by atoms with Gasteiger partial charge in [0.2, 0.25) is 0 Å². The maximum atomic E-state index is 12.5. The minimum atomic E-state index is -3.11. The average Bonchev–Trinajstić information content (AvgIpc) is 1.85. The summed E-state index contributed by atoms with van der Waals surface area (Å²) in [6.07, 6.45) is -0.245. The normalized spacial score (nSPS) is 21.4. The molecule has 1 rings (SSSR count). The fourth-order valence-electron chi connectivity index (χ4n) is 1.17. The summed E-state index contributed by atoms with van der Waals surface area (Å²) in [6.45, 7) is 3.39. The number of halogens is 2. The lowest BCUT2D eigenvalue weighted by Gasteiger charge is -2.40. The van der Waals surface area contributed by atoms with Crippen molar-refractivity contribution in [3.63, 3.8) is 0 Å². The van der Waals surface area contributed by atoms with Crippen molar-refractivity contribution in [1.82, 2.24) is 4.90 Å². The molecule has 0 aliphatic carbocycles. The first-order valence-electron chi connectivity index (χ1n) is 3.66. The smallest absolute Gasteiger partial charge is 0.302 e. The molecule has 0 aromatic carbocycles. The van der Waals surface area contributed by atoms with Gasteiger partial charge >= 0.3 is 5.92 Å². The van der Waals surface area contributed by atoms with Crippen molar-refractivity contribution in [2.24, 2.45) is 5.92 Å². The molecule has 0 radical (unpaired) electrons. The van der Waals surface area contributed by atoms with E-state index in [-0.39, 0.29) is 6.29 Å². The largest absolute Gasteiger partial charge is 0.307 e. The number of nitrogens with zero attached hydrogens (tertiary/aromatic N) is 1. The third kappa shape index (κ3) is 1.56. The van der Waals surface area contributed by atoms with Gasteiger partial charge in [0.05, 0.1) is 5.92 Å². The summed E-state index contributed by atoms with van der Waals surface area (Å²) in [7, 11) is 0. The molecule has 4 heteroatoms. The number of hydrogen-bond acceptors (Lipinski definition) is 2.